The summed E-state index contributed by atoms with van der Waals surface area (Å²) >= 11 is 5.75. The first-order valence-electron chi connectivity index (χ1n) is 10.8. The molecule has 8 nitrogen and oxygen atoms in total. The highest BCUT2D eigenvalue weighted by Crippen LogP contribution is 2.24. The molecule has 0 unspecified atom stereocenters. The molecule has 0 spiro atoms. The van der Waals surface area contributed by atoms with Crippen LogP contribution in [0.1, 0.15) is 19.4 Å². The van der Waals surface area contributed by atoms with E-state index in [0.717, 1.165) is 29.3 Å². The topological polar surface area (TPSA) is 85.1 Å². The van der Waals surface area contributed by atoms with Crippen molar-refractivity contribution in [2.45, 2.75) is 20.4 Å². The number of aromatic nitrogens is 3. The number of hydrogen-bond donors (Lipinski definition) is 3. The third-order valence-corrected chi connectivity index (χ3v) is 5.75. The zero-order chi connectivity index (χ0) is 23.4. The van der Waals surface area contributed by atoms with Crippen LogP contribution in [-0.4, -0.2) is 49.2 Å². The summed E-state index contributed by atoms with van der Waals surface area (Å²) in [6.45, 7) is 5.56. The molecule has 1 aromatic heterocycles. The second-order valence-electron chi connectivity index (χ2n) is 8.25. The molecule has 0 amide bonds. The van der Waals surface area contributed by atoms with Crippen LogP contribution in [0.15, 0.2) is 78.6 Å². The molecule has 33 heavy (non-hydrogen) atoms. The van der Waals surface area contributed by atoms with E-state index in [1.54, 1.807) is 11.0 Å². The molecule has 0 atom stereocenters. The smallest absolute Gasteiger partial charge is 0.153 e. The van der Waals surface area contributed by atoms with E-state index in [1.165, 1.54) is 6.33 Å². The van der Waals surface area contributed by atoms with E-state index in [-0.39, 0.29) is 0 Å². The lowest BCUT2D eigenvalue weighted by molar-refractivity contribution is 0.163. The predicted octanol–water partition coefficient (Wildman–Crippen LogP) is 3.80. The first-order valence-corrected chi connectivity index (χ1v) is 11.2. The Hall–Kier alpha value is -3.72. The number of hydrazine groups is 1. The van der Waals surface area contributed by atoms with Gasteiger partial charge in [0.25, 0.3) is 0 Å². The zero-order valence-corrected chi connectivity index (χ0v) is 19.8. The quantitative estimate of drug-likeness (QED) is 0.348. The Kier molecular flexibility index (Phi) is 6.69. The van der Waals surface area contributed by atoms with E-state index in [4.69, 9.17) is 17.6 Å². The number of rotatable bonds is 8. The van der Waals surface area contributed by atoms with Gasteiger partial charge >= 0.3 is 0 Å². The van der Waals surface area contributed by atoms with E-state index in [0.29, 0.717) is 28.9 Å². The molecule has 1 fully saturated rings. The van der Waals surface area contributed by atoms with Gasteiger partial charge in [-0.05, 0) is 35.7 Å². The molecular weight excluding hydrogens is 432 g/mol. The monoisotopic (exact) mass is 460 g/mol. The molecule has 0 saturated carbocycles. The molecular formula is C24H28N8S. The van der Waals surface area contributed by atoms with Gasteiger partial charge in [-0.3, -0.25) is 15.4 Å². The van der Waals surface area contributed by atoms with Crippen LogP contribution in [0.5, 0.6) is 0 Å². The van der Waals surface area contributed by atoms with Crippen LogP contribution in [0, 0.1) is 11.3 Å². The Labute approximate surface area is 199 Å². The number of nitrogens with zero attached hydrogens (tertiary/aromatic N) is 5. The zero-order valence-electron chi connectivity index (χ0n) is 19.0. The summed E-state index contributed by atoms with van der Waals surface area (Å²) in [5, 5.41) is 23.8. The Balaban J connectivity index is 1.60. The lowest BCUT2D eigenvalue weighted by atomic mass is 10.2. The van der Waals surface area contributed by atoms with Crippen molar-refractivity contribution >= 4 is 28.7 Å². The fourth-order valence-corrected chi connectivity index (χ4v) is 3.89. The summed E-state index contributed by atoms with van der Waals surface area (Å²) in [5.41, 5.74) is 3.66. The number of thiocarbonyl (C=S) groups is 1. The van der Waals surface area contributed by atoms with Gasteiger partial charge in [-0.15, -0.1) is 0 Å². The third kappa shape index (κ3) is 5.04. The number of para-hydroxylation sites is 1. The van der Waals surface area contributed by atoms with Crippen LogP contribution in [-0.2, 0) is 6.54 Å². The van der Waals surface area contributed by atoms with Gasteiger partial charge in [0, 0.05) is 25.8 Å². The lowest BCUT2D eigenvalue weighted by Gasteiger charge is -2.27. The highest BCUT2D eigenvalue weighted by Gasteiger charge is 2.35. The van der Waals surface area contributed by atoms with Gasteiger partial charge in [-0.1, -0.05) is 56.4 Å². The molecule has 1 saturated heterocycles. The first kappa shape index (κ1) is 22.5. The molecule has 1 aliphatic rings. The number of hydrogen-bond acceptors (Lipinski definition) is 6. The van der Waals surface area contributed by atoms with Crippen molar-refractivity contribution in [1.82, 2.24) is 30.1 Å². The van der Waals surface area contributed by atoms with Gasteiger partial charge in [-0.25, -0.2) is 9.67 Å². The van der Waals surface area contributed by atoms with Gasteiger partial charge in [-0.2, -0.15) is 5.10 Å². The van der Waals surface area contributed by atoms with E-state index in [2.05, 4.69) is 34.6 Å². The standard InChI is InChI=1S/C24H28N8S/c1-17(2)14-32-22(25)21(24(33)30(32)3)23(29-19-7-5-4-6-8-19)27-13-18-9-11-20(12-10-18)31-16-26-15-28-31/h4-12,15-17,25,27,29H,13-14H2,1-3H3/b23-21-,25-22?. The van der Waals surface area contributed by atoms with Crippen LogP contribution in [0.25, 0.3) is 5.69 Å². The van der Waals surface area contributed by atoms with Gasteiger partial charge < -0.3 is 10.6 Å². The van der Waals surface area contributed by atoms with E-state index in [1.807, 2.05) is 71.7 Å². The largest absolute Gasteiger partial charge is 0.367 e. The SMILES string of the molecule is CC(C)CN1C(=N)/C(=C(\NCc2ccc(-n3cncn3)cc2)Nc2ccccc2)C(=S)N1C. The Morgan fingerprint density at radius 3 is 2.45 bits per heavy atom. The maximum absolute atomic E-state index is 8.85. The van der Waals surface area contributed by atoms with Gasteiger partial charge in [0.2, 0.25) is 0 Å². The van der Waals surface area contributed by atoms with E-state index >= 15 is 0 Å². The van der Waals surface area contributed by atoms with E-state index < -0.39 is 0 Å². The average molecular weight is 461 g/mol. The van der Waals surface area contributed by atoms with E-state index in [9.17, 15) is 0 Å². The van der Waals surface area contributed by atoms with Crippen molar-refractivity contribution in [3.05, 3.63) is 84.2 Å². The summed E-state index contributed by atoms with van der Waals surface area (Å²) in [6.07, 6.45) is 3.19. The normalized spacial score (nSPS) is 15.4. The number of benzene rings is 2. The molecule has 170 valence electrons. The van der Waals surface area contributed by atoms with Gasteiger partial charge in [0.1, 0.15) is 23.5 Å². The Morgan fingerprint density at radius 2 is 1.82 bits per heavy atom. The molecule has 3 N–H and O–H groups in total. The predicted molar refractivity (Wildman–Crippen MR) is 135 cm³/mol. The number of anilines is 1. The van der Waals surface area contributed by atoms with Crippen LogP contribution in [0.4, 0.5) is 5.69 Å². The number of nitrogens with one attached hydrogen (secondary N) is 3. The molecule has 2 heterocycles. The van der Waals surface area contributed by atoms with Crippen molar-refractivity contribution < 1.29 is 0 Å². The summed E-state index contributed by atoms with van der Waals surface area (Å²) in [6, 6.07) is 18.0. The summed E-state index contributed by atoms with van der Waals surface area (Å²) in [7, 11) is 1.91. The summed E-state index contributed by atoms with van der Waals surface area (Å²) in [5.74, 6) is 1.51. The fraction of sp³-hybridized carbons (Fsp3) is 0.250. The third-order valence-electron chi connectivity index (χ3n) is 5.28. The van der Waals surface area contributed by atoms with Crippen molar-refractivity contribution in [3.63, 3.8) is 0 Å². The highest BCUT2D eigenvalue weighted by molar-refractivity contribution is 7.80. The molecule has 3 aromatic rings. The molecule has 2 aromatic carbocycles. The molecule has 0 radical (unpaired) electrons. The van der Waals surface area contributed by atoms with Crippen LogP contribution in [0.3, 0.4) is 0 Å². The van der Waals surface area contributed by atoms with Crippen molar-refractivity contribution in [2.75, 3.05) is 18.9 Å². The molecule has 4 rings (SSSR count). The number of likely N-dealkylation sites (N-methyl/N-ethyl adjacent to an activating group) is 1. The summed E-state index contributed by atoms with van der Waals surface area (Å²) < 4.78 is 1.72. The molecule has 1 aliphatic heterocycles. The first-order chi connectivity index (χ1) is 15.9. The summed E-state index contributed by atoms with van der Waals surface area (Å²) in [4.78, 5) is 4.61. The van der Waals surface area contributed by atoms with Crippen LogP contribution >= 0.6 is 12.2 Å². The average Bonchev–Trinajstić information content (AvgIpc) is 3.42. The van der Waals surface area contributed by atoms with Gasteiger partial charge in [0.05, 0.1) is 11.3 Å². The van der Waals surface area contributed by atoms with Crippen LogP contribution < -0.4 is 10.6 Å². The molecule has 9 heteroatoms. The minimum absolute atomic E-state index is 0.392. The maximum atomic E-state index is 8.85. The molecule has 0 bridgehead atoms. The highest BCUT2D eigenvalue weighted by atomic mass is 32.1. The second kappa shape index (κ2) is 9.83. The second-order valence-corrected chi connectivity index (χ2v) is 8.64. The fourth-order valence-electron chi connectivity index (χ4n) is 3.60. The van der Waals surface area contributed by atoms with Gasteiger partial charge in [0.15, 0.2) is 5.84 Å². The van der Waals surface area contributed by atoms with Crippen LogP contribution in [0.2, 0.25) is 0 Å². The Morgan fingerprint density at radius 1 is 1.09 bits per heavy atom. The van der Waals surface area contributed by atoms with Crippen molar-refractivity contribution in [3.8, 4) is 5.69 Å². The van der Waals surface area contributed by atoms with Crippen molar-refractivity contribution in [2.24, 2.45) is 5.92 Å². The minimum Gasteiger partial charge on any atom is -0.367 e. The lowest BCUT2D eigenvalue weighted by Crippen LogP contribution is -2.39. The van der Waals surface area contributed by atoms with Crippen molar-refractivity contribution in [1.29, 1.82) is 5.41 Å². The molecule has 0 aliphatic carbocycles. The maximum Gasteiger partial charge on any atom is 0.153 e. The Bertz CT molecular complexity index is 1140. The minimum atomic E-state index is 0.392. The number of amidine groups is 1.